The lowest BCUT2D eigenvalue weighted by Gasteiger charge is -2.16. The van der Waals surface area contributed by atoms with E-state index in [9.17, 15) is 4.79 Å². The van der Waals surface area contributed by atoms with E-state index in [1.165, 1.54) is 5.57 Å². The van der Waals surface area contributed by atoms with Crippen molar-refractivity contribution < 1.29 is 33.3 Å². The second-order valence-electron chi connectivity index (χ2n) is 3.58. The van der Waals surface area contributed by atoms with E-state index in [1.807, 2.05) is 36.0 Å². The van der Waals surface area contributed by atoms with Gasteiger partial charge in [-0.25, -0.2) is 9.36 Å². The van der Waals surface area contributed by atoms with E-state index in [0.29, 0.717) is 13.1 Å². The molecule has 1 aromatic rings. The molecule has 1 fully saturated rings. The van der Waals surface area contributed by atoms with Crippen molar-refractivity contribution in [3.8, 4) is 0 Å². The zero-order valence-electron chi connectivity index (χ0n) is 9.03. The first kappa shape index (κ1) is 13.0. The van der Waals surface area contributed by atoms with E-state index < -0.39 is 0 Å². The minimum atomic E-state index is -0.0930. The lowest BCUT2D eigenvalue weighted by molar-refractivity contribution is -0.673. The van der Waals surface area contributed by atoms with E-state index in [-0.39, 0.29) is 30.0 Å². The Balaban J connectivity index is 0.00000128. The van der Waals surface area contributed by atoms with Crippen molar-refractivity contribution in [2.24, 2.45) is 7.05 Å². The Morgan fingerprint density at radius 3 is 2.62 bits per heavy atom. The largest absolute Gasteiger partial charge is 1.00 e. The molecule has 0 radical (unpaired) electrons. The minimum absolute atomic E-state index is 0. The van der Waals surface area contributed by atoms with Gasteiger partial charge < -0.3 is 34.6 Å². The van der Waals surface area contributed by atoms with Crippen molar-refractivity contribution in [2.45, 2.75) is 0 Å². The Hall–Kier alpha value is -1.11. The van der Waals surface area contributed by atoms with Gasteiger partial charge in [0.25, 0.3) is 0 Å². The van der Waals surface area contributed by atoms with Crippen LogP contribution in [0.25, 0.3) is 6.08 Å². The van der Waals surface area contributed by atoms with E-state index in [0.717, 1.165) is 5.69 Å². The second-order valence-corrected chi connectivity index (χ2v) is 3.58. The van der Waals surface area contributed by atoms with Gasteiger partial charge in [-0.3, -0.25) is 0 Å². The molecule has 1 aromatic heterocycles. The normalized spacial score (nSPS) is 14.6. The van der Waals surface area contributed by atoms with Crippen molar-refractivity contribution in [1.82, 2.24) is 10.6 Å². The molecule has 0 atom stereocenters. The van der Waals surface area contributed by atoms with Crippen LogP contribution in [0.4, 0.5) is 4.79 Å². The summed E-state index contributed by atoms with van der Waals surface area (Å²) in [7, 11) is 2.00. The second kappa shape index (κ2) is 5.83. The maximum Gasteiger partial charge on any atom is 0.315 e. The molecule has 86 valence electrons. The minimum Gasteiger partial charge on any atom is -1.00 e. The summed E-state index contributed by atoms with van der Waals surface area (Å²) in [5, 5.41) is 5.49. The summed E-state index contributed by atoms with van der Waals surface area (Å²) in [5.74, 6) is 0. The Bertz CT molecular complexity index is 405. The number of hydrogen-bond acceptors (Lipinski definition) is 1. The summed E-state index contributed by atoms with van der Waals surface area (Å²) < 4.78 is 2.05. The molecule has 1 saturated heterocycles. The zero-order valence-corrected chi connectivity index (χ0v) is 11.2. The van der Waals surface area contributed by atoms with Gasteiger partial charge in [-0.2, -0.15) is 0 Å². The van der Waals surface area contributed by atoms with Gasteiger partial charge >= 0.3 is 6.03 Å². The molecule has 2 heterocycles. The van der Waals surface area contributed by atoms with Crippen LogP contribution in [-0.4, -0.2) is 19.1 Å². The van der Waals surface area contributed by atoms with E-state index >= 15 is 0 Å². The summed E-state index contributed by atoms with van der Waals surface area (Å²) in [6.45, 7) is 1.25. The molecular weight excluding hydrogens is 317 g/mol. The third kappa shape index (κ3) is 3.19. The molecular formula is C11H14IN3O. The fourth-order valence-electron chi connectivity index (χ4n) is 1.51. The van der Waals surface area contributed by atoms with Crippen molar-refractivity contribution in [3.05, 3.63) is 35.7 Å². The number of halogens is 1. The molecule has 2 amide bonds. The van der Waals surface area contributed by atoms with Gasteiger partial charge in [0.2, 0.25) is 5.69 Å². The van der Waals surface area contributed by atoms with Gasteiger partial charge in [-0.05, 0) is 11.6 Å². The Labute approximate surface area is 112 Å². The van der Waals surface area contributed by atoms with Crippen LogP contribution in [0.3, 0.4) is 0 Å². The molecule has 16 heavy (non-hydrogen) atoms. The highest BCUT2D eigenvalue weighted by atomic mass is 127. The van der Waals surface area contributed by atoms with Gasteiger partial charge in [0.1, 0.15) is 7.05 Å². The number of urea groups is 1. The van der Waals surface area contributed by atoms with Crippen molar-refractivity contribution >= 4 is 12.1 Å². The number of pyridine rings is 1. The van der Waals surface area contributed by atoms with Gasteiger partial charge in [0.15, 0.2) is 6.20 Å². The number of nitrogens with zero attached hydrogens (tertiary/aromatic N) is 1. The van der Waals surface area contributed by atoms with Gasteiger partial charge in [-0.15, -0.1) is 0 Å². The molecule has 0 aromatic carbocycles. The smallest absolute Gasteiger partial charge is 0.315 e. The van der Waals surface area contributed by atoms with E-state index in [2.05, 4.69) is 16.7 Å². The molecule has 5 heteroatoms. The third-order valence-corrected chi connectivity index (χ3v) is 2.40. The fourth-order valence-corrected chi connectivity index (χ4v) is 1.51. The van der Waals surface area contributed by atoms with Gasteiger partial charge in [0.05, 0.1) is 0 Å². The first-order valence-electron chi connectivity index (χ1n) is 4.91. The molecule has 2 N–H and O–H groups in total. The maximum atomic E-state index is 10.9. The molecule has 0 bridgehead atoms. The van der Waals surface area contributed by atoms with Crippen LogP contribution in [0.5, 0.6) is 0 Å². The molecule has 1 aliphatic heterocycles. The third-order valence-electron chi connectivity index (χ3n) is 2.40. The molecule has 0 aliphatic carbocycles. The highest BCUT2D eigenvalue weighted by Gasteiger charge is 2.11. The van der Waals surface area contributed by atoms with Crippen molar-refractivity contribution in [2.75, 3.05) is 13.1 Å². The highest BCUT2D eigenvalue weighted by molar-refractivity contribution is 5.76. The Morgan fingerprint density at radius 1 is 1.31 bits per heavy atom. The molecule has 2 rings (SSSR count). The first-order valence-corrected chi connectivity index (χ1v) is 4.91. The number of aromatic nitrogens is 1. The van der Waals surface area contributed by atoms with Crippen LogP contribution in [0.15, 0.2) is 30.0 Å². The Morgan fingerprint density at radius 2 is 2.00 bits per heavy atom. The zero-order chi connectivity index (χ0) is 10.7. The summed E-state index contributed by atoms with van der Waals surface area (Å²) in [6.07, 6.45) is 4.09. The first-order chi connectivity index (χ1) is 7.25. The predicted octanol–water partition coefficient (Wildman–Crippen LogP) is -2.79. The molecule has 0 saturated carbocycles. The van der Waals surface area contributed by atoms with Gasteiger partial charge in [0, 0.05) is 31.3 Å². The van der Waals surface area contributed by atoms with E-state index in [1.54, 1.807) is 0 Å². The lowest BCUT2D eigenvalue weighted by atomic mass is 10.2. The SMILES string of the molecule is C[n+]1ccccc1C=C1CNC(=O)NC1.[I-]. The molecule has 0 unspecified atom stereocenters. The number of rotatable bonds is 1. The number of nitrogens with one attached hydrogen (secondary N) is 2. The Kier molecular flexibility index (Phi) is 4.72. The quantitative estimate of drug-likeness (QED) is 0.424. The van der Waals surface area contributed by atoms with Crippen LogP contribution in [0, 0.1) is 0 Å². The van der Waals surface area contributed by atoms with Crippen LogP contribution in [0.2, 0.25) is 0 Å². The maximum absolute atomic E-state index is 10.9. The topological polar surface area (TPSA) is 45.0 Å². The molecule has 4 nitrogen and oxygen atoms in total. The number of amides is 2. The summed E-state index contributed by atoms with van der Waals surface area (Å²) in [6, 6.07) is 5.94. The summed E-state index contributed by atoms with van der Waals surface area (Å²) in [4.78, 5) is 10.9. The van der Waals surface area contributed by atoms with Crippen LogP contribution in [0.1, 0.15) is 5.69 Å². The van der Waals surface area contributed by atoms with E-state index in [4.69, 9.17) is 0 Å². The molecule has 1 aliphatic rings. The van der Waals surface area contributed by atoms with Gasteiger partial charge in [-0.1, -0.05) is 0 Å². The van der Waals surface area contributed by atoms with Crippen molar-refractivity contribution in [1.29, 1.82) is 0 Å². The predicted molar refractivity (Wildman–Crippen MR) is 57.0 cm³/mol. The number of carbonyl (C=O) groups excluding carboxylic acids is 1. The standard InChI is InChI=1S/C11H13N3O.HI/c1-14-5-3-2-4-10(14)6-9-7-12-11(15)13-8-9;/h2-6H,7-8H2,1H3,(H-,12,13,15);1H. The molecule has 0 spiro atoms. The monoisotopic (exact) mass is 331 g/mol. The average molecular weight is 331 g/mol. The summed E-state index contributed by atoms with van der Waals surface area (Å²) >= 11 is 0. The lowest BCUT2D eigenvalue weighted by Crippen LogP contribution is -3.00. The van der Waals surface area contributed by atoms with Crippen LogP contribution >= 0.6 is 0 Å². The number of aryl methyl sites for hydroxylation is 1. The van der Waals surface area contributed by atoms with Crippen LogP contribution in [-0.2, 0) is 7.05 Å². The van der Waals surface area contributed by atoms with Crippen molar-refractivity contribution in [3.63, 3.8) is 0 Å². The number of hydrogen-bond donors (Lipinski definition) is 2. The number of carbonyl (C=O) groups is 1. The average Bonchev–Trinajstić information content (AvgIpc) is 2.25. The summed E-state index contributed by atoms with van der Waals surface area (Å²) in [5.41, 5.74) is 2.31. The highest BCUT2D eigenvalue weighted by Crippen LogP contribution is 2.02. The van der Waals surface area contributed by atoms with Crippen LogP contribution < -0.4 is 39.2 Å². The fraction of sp³-hybridized carbons (Fsp3) is 0.273.